The van der Waals surface area contributed by atoms with E-state index in [-0.39, 0.29) is 0 Å². The minimum atomic E-state index is -1.16. The predicted molar refractivity (Wildman–Crippen MR) is 59.1 cm³/mol. The van der Waals surface area contributed by atoms with Gasteiger partial charge in [0, 0.05) is 18.1 Å². The molecule has 0 saturated carbocycles. The molecule has 88 valence electrons. The minimum Gasteiger partial charge on any atom is -0.477 e. The third-order valence-electron chi connectivity index (χ3n) is 2.36. The Hall–Kier alpha value is -0.820. The molecule has 1 saturated heterocycles. The summed E-state index contributed by atoms with van der Waals surface area (Å²) in [7, 11) is 0. The second kappa shape index (κ2) is 5.01. The van der Waals surface area contributed by atoms with E-state index in [0.717, 1.165) is 0 Å². The van der Waals surface area contributed by atoms with Gasteiger partial charge in [-0.15, -0.1) is 11.8 Å². The Morgan fingerprint density at radius 2 is 1.88 bits per heavy atom. The van der Waals surface area contributed by atoms with E-state index in [0.29, 0.717) is 11.5 Å². The third-order valence-corrected chi connectivity index (χ3v) is 3.59. The van der Waals surface area contributed by atoms with E-state index < -0.39 is 23.7 Å². The highest BCUT2D eigenvalue weighted by molar-refractivity contribution is 7.99. The molecule has 0 radical (unpaired) electrons. The van der Waals surface area contributed by atoms with Crippen LogP contribution in [0.1, 0.15) is 0 Å². The van der Waals surface area contributed by atoms with Crippen molar-refractivity contribution >= 4 is 11.8 Å². The SMILES string of the molecule is O[C@@H]1[C@@H](O)[C@H](Oc2ccncc2)SC[C@H]1O. The standard InChI is InChI=1S/C10H13NO4S/c12-7-5-16-10(9(14)8(7)13)15-6-1-3-11-4-2-6/h1-4,7-10,12-14H,5H2/t7-,8+,9-,10-/m1/s1. The van der Waals surface area contributed by atoms with Crippen LogP contribution < -0.4 is 4.74 Å². The van der Waals surface area contributed by atoms with Crippen LogP contribution in [0.3, 0.4) is 0 Å². The monoisotopic (exact) mass is 243 g/mol. The van der Waals surface area contributed by atoms with Crippen molar-refractivity contribution in [1.82, 2.24) is 4.98 Å². The fourth-order valence-electron chi connectivity index (χ4n) is 1.43. The number of rotatable bonds is 2. The van der Waals surface area contributed by atoms with Gasteiger partial charge in [-0.2, -0.15) is 0 Å². The second-order valence-corrected chi connectivity index (χ2v) is 4.68. The van der Waals surface area contributed by atoms with Crippen molar-refractivity contribution < 1.29 is 20.1 Å². The van der Waals surface area contributed by atoms with Crippen LogP contribution in [0.25, 0.3) is 0 Å². The number of ether oxygens (including phenoxy) is 1. The Kier molecular flexibility index (Phi) is 3.65. The van der Waals surface area contributed by atoms with Crippen LogP contribution in [-0.2, 0) is 0 Å². The van der Waals surface area contributed by atoms with Crippen molar-refractivity contribution in [2.75, 3.05) is 5.75 Å². The maximum Gasteiger partial charge on any atom is 0.173 e. The van der Waals surface area contributed by atoms with E-state index in [1.807, 2.05) is 0 Å². The smallest absolute Gasteiger partial charge is 0.173 e. The van der Waals surface area contributed by atoms with E-state index in [2.05, 4.69) is 4.98 Å². The first-order chi connectivity index (χ1) is 7.68. The summed E-state index contributed by atoms with van der Waals surface area (Å²) >= 11 is 1.28. The van der Waals surface area contributed by atoms with Gasteiger partial charge in [0.05, 0.1) is 6.10 Å². The van der Waals surface area contributed by atoms with Crippen molar-refractivity contribution in [2.24, 2.45) is 0 Å². The quantitative estimate of drug-likeness (QED) is 0.656. The highest BCUT2D eigenvalue weighted by atomic mass is 32.2. The molecule has 0 aliphatic carbocycles. The fraction of sp³-hybridized carbons (Fsp3) is 0.500. The average Bonchev–Trinajstić information content (AvgIpc) is 2.31. The van der Waals surface area contributed by atoms with Gasteiger partial charge < -0.3 is 20.1 Å². The molecule has 0 amide bonds. The first kappa shape index (κ1) is 11.7. The molecule has 2 heterocycles. The lowest BCUT2D eigenvalue weighted by atomic mass is 10.1. The highest BCUT2D eigenvalue weighted by Gasteiger charge is 2.38. The molecule has 1 aliphatic heterocycles. The first-order valence-corrected chi connectivity index (χ1v) is 5.96. The summed E-state index contributed by atoms with van der Waals surface area (Å²) in [6.45, 7) is 0. The lowest BCUT2D eigenvalue weighted by Gasteiger charge is -2.34. The van der Waals surface area contributed by atoms with Gasteiger partial charge in [0.2, 0.25) is 0 Å². The van der Waals surface area contributed by atoms with Crippen LogP contribution in [0.15, 0.2) is 24.5 Å². The first-order valence-electron chi connectivity index (χ1n) is 4.91. The largest absolute Gasteiger partial charge is 0.477 e. The Balaban J connectivity index is 2.00. The summed E-state index contributed by atoms with van der Waals surface area (Å²) in [6, 6.07) is 3.34. The molecule has 0 spiro atoms. The number of nitrogens with zero attached hydrogens (tertiary/aromatic N) is 1. The normalized spacial score (nSPS) is 34.7. The molecule has 1 fully saturated rings. The number of aliphatic hydroxyl groups excluding tert-OH is 3. The van der Waals surface area contributed by atoms with Gasteiger partial charge in [-0.1, -0.05) is 0 Å². The highest BCUT2D eigenvalue weighted by Crippen LogP contribution is 2.28. The summed E-state index contributed by atoms with van der Waals surface area (Å²) in [4.78, 5) is 3.85. The molecular weight excluding hydrogens is 230 g/mol. The maximum absolute atomic E-state index is 9.70. The van der Waals surface area contributed by atoms with Gasteiger partial charge in [0.25, 0.3) is 0 Å². The minimum absolute atomic E-state index is 0.341. The van der Waals surface area contributed by atoms with Gasteiger partial charge in [-0.25, -0.2) is 0 Å². The van der Waals surface area contributed by atoms with Crippen LogP contribution in [0, 0.1) is 0 Å². The molecule has 1 aliphatic rings. The summed E-state index contributed by atoms with van der Waals surface area (Å²) in [5.41, 5.74) is -0.569. The molecule has 6 heteroatoms. The summed E-state index contributed by atoms with van der Waals surface area (Å²) in [6.07, 6.45) is 0.00771. The molecule has 0 bridgehead atoms. The van der Waals surface area contributed by atoms with Crippen molar-refractivity contribution in [3.05, 3.63) is 24.5 Å². The lowest BCUT2D eigenvalue weighted by Crippen LogP contribution is -2.50. The second-order valence-electron chi connectivity index (χ2n) is 3.55. The Morgan fingerprint density at radius 3 is 2.56 bits per heavy atom. The molecule has 5 nitrogen and oxygen atoms in total. The van der Waals surface area contributed by atoms with Crippen molar-refractivity contribution in [2.45, 2.75) is 23.7 Å². The zero-order chi connectivity index (χ0) is 11.5. The van der Waals surface area contributed by atoms with Gasteiger partial charge in [-0.3, -0.25) is 4.98 Å². The van der Waals surface area contributed by atoms with E-state index >= 15 is 0 Å². The van der Waals surface area contributed by atoms with Crippen LogP contribution >= 0.6 is 11.8 Å². The number of aliphatic hydroxyl groups is 3. The average molecular weight is 243 g/mol. The fourth-order valence-corrected chi connectivity index (χ4v) is 2.56. The maximum atomic E-state index is 9.70. The van der Waals surface area contributed by atoms with Crippen LogP contribution in [0.5, 0.6) is 5.75 Å². The molecule has 0 unspecified atom stereocenters. The van der Waals surface area contributed by atoms with Gasteiger partial charge in [-0.05, 0) is 12.1 Å². The summed E-state index contributed by atoms with van der Waals surface area (Å²) < 4.78 is 5.49. The molecule has 3 N–H and O–H groups in total. The van der Waals surface area contributed by atoms with Crippen molar-refractivity contribution in [3.63, 3.8) is 0 Å². The van der Waals surface area contributed by atoms with Crippen molar-refractivity contribution in [1.29, 1.82) is 0 Å². The summed E-state index contributed by atoms with van der Waals surface area (Å²) in [5, 5.41) is 28.5. The molecule has 1 aromatic heterocycles. The number of hydrogen-bond acceptors (Lipinski definition) is 6. The molecular formula is C10H13NO4S. The van der Waals surface area contributed by atoms with Crippen LogP contribution in [0.2, 0.25) is 0 Å². The van der Waals surface area contributed by atoms with E-state index in [4.69, 9.17) is 4.74 Å². The van der Waals surface area contributed by atoms with Crippen molar-refractivity contribution in [3.8, 4) is 5.75 Å². The zero-order valence-electron chi connectivity index (χ0n) is 8.43. The number of pyridine rings is 1. The van der Waals surface area contributed by atoms with Crippen LogP contribution in [-0.4, -0.2) is 49.8 Å². The molecule has 1 aromatic rings. The lowest BCUT2D eigenvalue weighted by molar-refractivity contribution is -0.0786. The zero-order valence-corrected chi connectivity index (χ0v) is 9.25. The van der Waals surface area contributed by atoms with E-state index in [1.165, 1.54) is 11.8 Å². The topological polar surface area (TPSA) is 82.8 Å². The molecule has 2 rings (SSSR count). The summed E-state index contributed by atoms with van der Waals surface area (Å²) in [5.74, 6) is 0.920. The Bertz CT molecular complexity index is 337. The molecule has 16 heavy (non-hydrogen) atoms. The number of thioether (sulfide) groups is 1. The predicted octanol–water partition coefficient (Wildman–Crippen LogP) is -0.384. The molecule has 4 atom stereocenters. The Morgan fingerprint density at radius 1 is 1.19 bits per heavy atom. The van der Waals surface area contributed by atoms with Gasteiger partial charge in [0.15, 0.2) is 5.44 Å². The van der Waals surface area contributed by atoms with E-state index in [9.17, 15) is 15.3 Å². The molecule has 0 aromatic carbocycles. The third kappa shape index (κ3) is 2.46. The van der Waals surface area contributed by atoms with E-state index in [1.54, 1.807) is 24.5 Å². The van der Waals surface area contributed by atoms with Crippen LogP contribution in [0.4, 0.5) is 0 Å². The number of aromatic nitrogens is 1. The number of hydrogen-bond donors (Lipinski definition) is 3. The van der Waals surface area contributed by atoms with Gasteiger partial charge in [0.1, 0.15) is 18.0 Å². The Labute approximate surface area is 97.1 Å². The van der Waals surface area contributed by atoms with Gasteiger partial charge >= 0.3 is 0 Å².